The molecule has 0 fully saturated rings. The van der Waals surface area contributed by atoms with Gasteiger partial charge in [0.15, 0.2) is 0 Å². The highest BCUT2D eigenvalue weighted by Crippen LogP contribution is 2.24. The van der Waals surface area contributed by atoms with Gasteiger partial charge < -0.3 is 4.57 Å². The number of nitrogens with zero attached hydrogens (tertiary/aromatic N) is 4. The molecule has 0 aliphatic carbocycles. The number of para-hydroxylation sites is 1. The van der Waals surface area contributed by atoms with Crippen molar-refractivity contribution >= 4 is 28.8 Å². The van der Waals surface area contributed by atoms with Gasteiger partial charge in [-0.05, 0) is 17.7 Å². The first-order chi connectivity index (χ1) is 13.7. The number of nitrogens with one attached hydrogen (secondary N) is 2. The summed E-state index contributed by atoms with van der Waals surface area (Å²) in [5.41, 5.74) is 2.99. The Kier molecular flexibility index (Phi) is 4.68. The van der Waals surface area contributed by atoms with Gasteiger partial charge in [0.05, 0.1) is 0 Å². The quantitative estimate of drug-likeness (QED) is 0.417. The Morgan fingerprint density at radius 2 is 1.96 bits per heavy atom. The summed E-state index contributed by atoms with van der Waals surface area (Å²) in [6.07, 6.45) is 4.83. The highest BCUT2D eigenvalue weighted by atomic mass is 16.1. The second kappa shape index (κ2) is 7.60. The molecular weight excluding hydrogens is 352 g/mol. The minimum absolute atomic E-state index is 0.0148. The molecule has 7 nitrogen and oxygen atoms in total. The second-order valence-electron chi connectivity index (χ2n) is 6.17. The van der Waals surface area contributed by atoms with Gasteiger partial charge in [0, 0.05) is 29.2 Å². The largest absolute Gasteiger partial charge is 0.342 e. The van der Waals surface area contributed by atoms with Gasteiger partial charge in [-0.1, -0.05) is 48.5 Å². The molecule has 2 heterocycles. The fraction of sp³-hybridized carbons (Fsp3) is 0.0476. The van der Waals surface area contributed by atoms with E-state index in [2.05, 4.69) is 37.2 Å². The first-order valence-electron chi connectivity index (χ1n) is 8.65. The van der Waals surface area contributed by atoms with Crippen LogP contribution in [0.1, 0.15) is 11.1 Å². The Morgan fingerprint density at radius 3 is 2.71 bits per heavy atom. The third-order valence-corrected chi connectivity index (χ3v) is 4.33. The summed E-state index contributed by atoms with van der Waals surface area (Å²) in [4.78, 5) is 16.2. The van der Waals surface area contributed by atoms with Crippen LogP contribution in [0.15, 0.2) is 72.7 Å². The Bertz CT molecular complexity index is 1180. The van der Waals surface area contributed by atoms with E-state index in [1.165, 1.54) is 11.9 Å². The Morgan fingerprint density at radius 1 is 1.18 bits per heavy atom. The lowest BCUT2D eigenvalue weighted by Gasteiger charge is -2.05. The van der Waals surface area contributed by atoms with Crippen molar-refractivity contribution < 1.29 is 4.79 Å². The van der Waals surface area contributed by atoms with Gasteiger partial charge in [-0.2, -0.15) is 15.3 Å². The molecule has 136 valence electrons. The molecule has 0 aliphatic heterocycles. The van der Waals surface area contributed by atoms with Crippen molar-refractivity contribution in [2.75, 3.05) is 5.32 Å². The van der Waals surface area contributed by atoms with E-state index in [0.717, 1.165) is 16.5 Å². The lowest BCUT2D eigenvalue weighted by atomic mass is 10.1. The minimum atomic E-state index is -0.542. The topological polar surface area (TPSA) is 99.4 Å². The monoisotopic (exact) mass is 368 g/mol. The van der Waals surface area contributed by atoms with Crippen LogP contribution in [0.2, 0.25) is 0 Å². The van der Waals surface area contributed by atoms with E-state index < -0.39 is 5.91 Å². The third kappa shape index (κ3) is 3.52. The number of fused-ring (bicyclic) bond motifs is 1. The SMILES string of the molecule is N#C/C(=C/c1cn(Cc2ccccc2)c2ccccc12)C(=O)Nc1ncn[nH]1. The maximum Gasteiger partial charge on any atom is 0.268 e. The van der Waals surface area contributed by atoms with Crippen LogP contribution in [0, 0.1) is 11.3 Å². The predicted molar refractivity (Wildman–Crippen MR) is 106 cm³/mol. The van der Waals surface area contributed by atoms with Gasteiger partial charge in [0.2, 0.25) is 5.95 Å². The fourth-order valence-electron chi connectivity index (χ4n) is 3.05. The Hall–Kier alpha value is -4.18. The summed E-state index contributed by atoms with van der Waals surface area (Å²) in [6, 6.07) is 20.0. The third-order valence-electron chi connectivity index (χ3n) is 4.33. The number of carbonyl (C=O) groups excluding carboxylic acids is 1. The number of anilines is 1. The molecule has 7 heteroatoms. The van der Waals surface area contributed by atoms with Crippen LogP contribution in [-0.2, 0) is 11.3 Å². The van der Waals surface area contributed by atoms with Crippen molar-refractivity contribution in [3.8, 4) is 6.07 Å². The maximum atomic E-state index is 12.4. The zero-order chi connectivity index (χ0) is 19.3. The minimum Gasteiger partial charge on any atom is -0.342 e. The molecule has 2 N–H and O–H groups in total. The number of H-pyrrole nitrogens is 1. The van der Waals surface area contributed by atoms with Gasteiger partial charge in [0.1, 0.15) is 18.0 Å². The lowest BCUT2D eigenvalue weighted by Crippen LogP contribution is -2.14. The van der Waals surface area contributed by atoms with E-state index in [1.54, 1.807) is 6.08 Å². The molecule has 4 aromatic rings. The zero-order valence-corrected chi connectivity index (χ0v) is 14.8. The lowest BCUT2D eigenvalue weighted by molar-refractivity contribution is -0.112. The molecule has 0 spiro atoms. The molecule has 0 saturated carbocycles. The van der Waals surface area contributed by atoms with Crippen molar-refractivity contribution in [1.82, 2.24) is 19.7 Å². The van der Waals surface area contributed by atoms with Gasteiger partial charge in [-0.25, -0.2) is 5.10 Å². The molecule has 0 bridgehead atoms. The van der Waals surface area contributed by atoms with Crippen LogP contribution in [0.4, 0.5) is 5.95 Å². The number of aromatic nitrogens is 4. The van der Waals surface area contributed by atoms with Crippen molar-refractivity contribution in [2.24, 2.45) is 0 Å². The first kappa shape index (κ1) is 17.2. The van der Waals surface area contributed by atoms with Crippen LogP contribution < -0.4 is 5.32 Å². The molecule has 0 aliphatic rings. The highest BCUT2D eigenvalue weighted by molar-refractivity contribution is 6.10. The maximum absolute atomic E-state index is 12.4. The normalized spacial score (nSPS) is 11.3. The summed E-state index contributed by atoms with van der Waals surface area (Å²) in [6.45, 7) is 0.696. The van der Waals surface area contributed by atoms with Crippen LogP contribution >= 0.6 is 0 Å². The number of hydrogen-bond donors (Lipinski definition) is 2. The summed E-state index contributed by atoms with van der Waals surface area (Å²) in [5, 5.41) is 19.2. The molecule has 2 aromatic carbocycles. The van der Waals surface area contributed by atoms with Crippen molar-refractivity contribution in [3.05, 3.63) is 83.8 Å². The summed E-state index contributed by atoms with van der Waals surface area (Å²) >= 11 is 0. The molecule has 0 unspecified atom stereocenters. The van der Waals surface area contributed by atoms with Crippen molar-refractivity contribution in [2.45, 2.75) is 6.54 Å². The van der Waals surface area contributed by atoms with Gasteiger partial charge in [-0.15, -0.1) is 0 Å². The van der Waals surface area contributed by atoms with Crippen LogP contribution in [0.3, 0.4) is 0 Å². The van der Waals surface area contributed by atoms with Gasteiger partial charge >= 0.3 is 0 Å². The van der Waals surface area contributed by atoms with E-state index >= 15 is 0 Å². The number of aromatic amines is 1. The zero-order valence-electron chi connectivity index (χ0n) is 14.8. The molecular formula is C21H16N6O. The average Bonchev–Trinajstić information content (AvgIpc) is 3.35. The van der Waals surface area contributed by atoms with Gasteiger partial charge in [0.25, 0.3) is 5.91 Å². The molecule has 4 rings (SSSR count). The molecule has 0 saturated heterocycles. The Labute approximate surface area is 161 Å². The number of benzene rings is 2. The molecule has 28 heavy (non-hydrogen) atoms. The number of carbonyl (C=O) groups is 1. The van der Waals surface area contributed by atoms with E-state index in [1.807, 2.05) is 54.7 Å². The summed E-state index contributed by atoms with van der Waals surface area (Å²) in [7, 11) is 0. The van der Waals surface area contributed by atoms with Crippen LogP contribution in [0.25, 0.3) is 17.0 Å². The van der Waals surface area contributed by atoms with E-state index in [9.17, 15) is 10.1 Å². The standard InChI is InChI=1S/C21H16N6O/c22-11-16(20(28)25-21-23-14-24-26-21)10-17-13-27(12-15-6-2-1-3-7-15)19-9-5-4-8-18(17)19/h1-10,13-14H,12H2,(H2,23,24,25,26,28)/b16-10-. The first-order valence-corrected chi connectivity index (χ1v) is 8.65. The van der Waals surface area contributed by atoms with E-state index in [0.29, 0.717) is 6.54 Å². The molecule has 0 radical (unpaired) electrons. The molecule has 1 amide bonds. The predicted octanol–water partition coefficient (Wildman–Crippen LogP) is 3.35. The fourth-order valence-corrected chi connectivity index (χ4v) is 3.05. The average molecular weight is 368 g/mol. The van der Waals surface area contributed by atoms with E-state index in [4.69, 9.17) is 0 Å². The van der Waals surface area contributed by atoms with Gasteiger partial charge in [-0.3, -0.25) is 10.1 Å². The Balaban J connectivity index is 1.70. The van der Waals surface area contributed by atoms with Crippen molar-refractivity contribution in [1.29, 1.82) is 5.26 Å². The summed E-state index contributed by atoms with van der Waals surface area (Å²) in [5.74, 6) is -0.350. The second-order valence-corrected chi connectivity index (χ2v) is 6.17. The smallest absolute Gasteiger partial charge is 0.268 e. The number of nitriles is 1. The summed E-state index contributed by atoms with van der Waals surface area (Å²) < 4.78 is 2.11. The number of rotatable bonds is 5. The number of hydrogen-bond acceptors (Lipinski definition) is 4. The van der Waals surface area contributed by atoms with Crippen molar-refractivity contribution in [3.63, 3.8) is 0 Å². The molecule has 0 atom stereocenters. The highest BCUT2D eigenvalue weighted by Gasteiger charge is 2.13. The van der Waals surface area contributed by atoms with Crippen LogP contribution in [0.5, 0.6) is 0 Å². The molecule has 2 aromatic heterocycles. The van der Waals surface area contributed by atoms with E-state index in [-0.39, 0.29) is 11.5 Å². The van der Waals surface area contributed by atoms with Crippen LogP contribution in [-0.4, -0.2) is 25.7 Å². The number of amides is 1.